The maximum Gasteiger partial charge on any atom is 1.00 e. The number of esters is 4. The third-order valence-electron chi connectivity index (χ3n) is 5.05. The third-order valence-corrected chi connectivity index (χ3v) is 5.05. The van der Waals surface area contributed by atoms with E-state index in [1.807, 2.05) is 0 Å². The zero-order valence-electron chi connectivity index (χ0n) is 27.4. The molecule has 0 saturated carbocycles. The molecule has 0 aromatic heterocycles. The van der Waals surface area contributed by atoms with Gasteiger partial charge in [0.25, 0.3) is 19.4 Å². The van der Waals surface area contributed by atoms with Crippen molar-refractivity contribution in [2.75, 3.05) is 26.4 Å². The number of carbonyl (C=O) groups excluding carboxylic acids is 7. The molecule has 45 heavy (non-hydrogen) atoms. The molecule has 0 rings (SSSR count). The second-order valence-electron chi connectivity index (χ2n) is 11.3. The van der Waals surface area contributed by atoms with Crippen LogP contribution in [0.4, 0.5) is 0 Å². The van der Waals surface area contributed by atoms with E-state index in [-0.39, 0.29) is 49.0 Å². The first kappa shape index (κ1) is 49.1. The van der Waals surface area contributed by atoms with E-state index in [9.17, 15) is 28.8 Å². The second-order valence-corrected chi connectivity index (χ2v) is 11.3. The van der Waals surface area contributed by atoms with Crippen molar-refractivity contribution in [3.8, 4) is 0 Å². The minimum Gasteiger partial charge on any atom is -0.662 e. The van der Waals surface area contributed by atoms with Crippen LogP contribution < -0.4 is 34.8 Å². The Kier molecular flexibility index (Phi) is 27.7. The monoisotopic (exact) mass is 664 g/mol. The summed E-state index contributed by atoms with van der Waals surface area (Å²) in [5, 5.41) is 25.6. The molecular formula is C27H45NaO17. The fourth-order valence-electron chi connectivity index (χ4n) is 2.97. The van der Waals surface area contributed by atoms with Crippen LogP contribution in [0.15, 0.2) is 0 Å². The first-order chi connectivity index (χ1) is 20.1. The largest absolute Gasteiger partial charge is 1.00 e. The molecular weight excluding hydrogens is 619 g/mol. The Bertz CT molecular complexity index is 832. The number of hydrogen-bond acceptors (Lipinski definition) is 17. The van der Waals surface area contributed by atoms with Gasteiger partial charge in [-0.25, -0.2) is 19.2 Å². The number of hydrogen-bond donors (Lipinski definition) is 2. The zero-order chi connectivity index (χ0) is 35.0. The molecule has 0 unspecified atom stereocenters. The van der Waals surface area contributed by atoms with E-state index in [2.05, 4.69) is 14.4 Å². The van der Waals surface area contributed by atoms with Crippen LogP contribution in [0.3, 0.4) is 0 Å². The van der Waals surface area contributed by atoms with Crippen molar-refractivity contribution < 1.29 is 112 Å². The van der Waals surface area contributed by atoms with Gasteiger partial charge in [-0.05, 0) is 81.1 Å². The molecule has 0 amide bonds. The first-order valence-electron chi connectivity index (χ1n) is 13.1. The fraction of sp³-hybridized carbons (Fsp3) is 0.741. The van der Waals surface area contributed by atoms with E-state index in [1.165, 1.54) is 0 Å². The van der Waals surface area contributed by atoms with E-state index in [1.54, 1.807) is 55.4 Å². The van der Waals surface area contributed by atoms with Gasteiger partial charge < -0.3 is 48.8 Å². The second kappa shape index (κ2) is 25.4. The van der Waals surface area contributed by atoms with Crippen LogP contribution in [0, 0.1) is 0 Å². The van der Waals surface area contributed by atoms with Crippen LogP contribution in [0.5, 0.6) is 0 Å². The Morgan fingerprint density at radius 1 is 0.533 bits per heavy atom. The summed E-state index contributed by atoms with van der Waals surface area (Å²) >= 11 is 0. The van der Waals surface area contributed by atoms with Gasteiger partial charge >= 0.3 is 53.4 Å². The molecule has 0 aliphatic heterocycles. The Hall–Kier alpha value is -2.83. The maximum absolute atomic E-state index is 11.4. The average molecular weight is 665 g/mol. The van der Waals surface area contributed by atoms with Gasteiger partial charge in [-0.2, -0.15) is 0 Å². The van der Waals surface area contributed by atoms with Crippen LogP contribution >= 0.6 is 0 Å². The smallest absolute Gasteiger partial charge is 0.662 e. The Balaban J connectivity index is -0.000000331. The van der Waals surface area contributed by atoms with Gasteiger partial charge in [0.2, 0.25) is 0 Å². The SMILES string of the molecule is CC(C)(CCC(C)(C)OC(=O)CO)OC(=O)CO.CC(C)(CCC(C)(C)OC(=O)COC=O)OC(=O)COC=O.O=CO[O-].[Na+]. The van der Waals surface area contributed by atoms with E-state index in [4.69, 9.17) is 39.2 Å². The van der Waals surface area contributed by atoms with Gasteiger partial charge in [-0.15, -0.1) is 0 Å². The third kappa shape index (κ3) is 32.4. The molecule has 0 fully saturated rings. The minimum absolute atomic E-state index is 0. The van der Waals surface area contributed by atoms with E-state index >= 15 is 0 Å². The summed E-state index contributed by atoms with van der Waals surface area (Å²) in [6.07, 6.45) is 1.75. The van der Waals surface area contributed by atoms with Crippen LogP contribution in [0.2, 0.25) is 0 Å². The molecule has 0 aromatic carbocycles. The Morgan fingerprint density at radius 2 is 0.756 bits per heavy atom. The van der Waals surface area contributed by atoms with Crippen molar-refractivity contribution in [2.24, 2.45) is 0 Å². The minimum atomic E-state index is -0.813. The van der Waals surface area contributed by atoms with Crippen molar-refractivity contribution in [1.29, 1.82) is 0 Å². The van der Waals surface area contributed by atoms with Gasteiger partial charge in [-0.1, -0.05) is 0 Å². The summed E-state index contributed by atoms with van der Waals surface area (Å²) in [6, 6.07) is 0. The summed E-state index contributed by atoms with van der Waals surface area (Å²) in [4.78, 5) is 76.0. The summed E-state index contributed by atoms with van der Waals surface area (Å²) in [5.41, 5.74) is -3.12. The molecule has 0 spiro atoms. The van der Waals surface area contributed by atoms with Gasteiger partial charge in [0, 0.05) is 0 Å². The molecule has 0 aliphatic rings. The van der Waals surface area contributed by atoms with E-state index in [0.29, 0.717) is 25.7 Å². The van der Waals surface area contributed by atoms with Gasteiger partial charge in [0.15, 0.2) is 13.2 Å². The molecule has 0 bridgehead atoms. The van der Waals surface area contributed by atoms with Crippen molar-refractivity contribution in [2.45, 2.75) is 103 Å². The molecule has 0 heterocycles. The number of rotatable bonds is 19. The predicted octanol–water partition coefficient (Wildman–Crippen LogP) is -3.41. The average Bonchev–Trinajstić information content (AvgIpc) is 2.92. The molecule has 18 heteroatoms. The molecule has 0 saturated heterocycles. The molecule has 0 aromatic rings. The van der Waals surface area contributed by atoms with Crippen molar-refractivity contribution >= 4 is 43.3 Å². The van der Waals surface area contributed by atoms with Crippen LogP contribution in [0.25, 0.3) is 0 Å². The van der Waals surface area contributed by atoms with Gasteiger partial charge in [-0.3, -0.25) is 14.4 Å². The van der Waals surface area contributed by atoms with Gasteiger partial charge in [0.05, 0.1) is 0 Å². The summed E-state index contributed by atoms with van der Waals surface area (Å²) in [5.74, 6) is -2.70. The number of aliphatic hydroxyl groups is 2. The predicted molar refractivity (Wildman–Crippen MR) is 145 cm³/mol. The van der Waals surface area contributed by atoms with Crippen LogP contribution in [-0.4, -0.2) is 102 Å². The maximum atomic E-state index is 11.4. The number of ether oxygens (including phenoxy) is 6. The standard InChI is InChI=1S/C14H22O8.C12H22O6.CH2O3.Na/c1-13(2,21-11(17)7-19-9-15)5-6-14(3,4)22-12(18)8-20-10-16;1-11(2,17-9(15)7-13)5-6-12(3,4)18-10(16)8-14;2-1-4-3;/h9-10H,5-8H2,1-4H3;13-14H,5-8H2,1-4H3;1,3H;/q;;;+1/p-1. The normalized spacial score (nSPS) is 10.8. The van der Waals surface area contributed by atoms with E-state index < -0.39 is 72.7 Å². The number of carbonyl (C=O) groups is 7. The Morgan fingerprint density at radius 3 is 0.933 bits per heavy atom. The number of aliphatic hydroxyl groups excluding tert-OH is 2. The fourth-order valence-corrected chi connectivity index (χ4v) is 2.97. The van der Waals surface area contributed by atoms with Crippen LogP contribution in [0.1, 0.15) is 81.1 Å². The van der Waals surface area contributed by atoms with E-state index in [0.717, 1.165) is 0 Å². The molecule has 256 valence electrons. The summed E-state index contributed by atoms with van der Waals surface area (Å²) < 4.78 is 29.0. The quantitative estimate of drug-likeness (QED) is 0.0341. The van der Waals surface area contributed by atoms with Gasteiger partial charge in [0.1, 0.15) is 35.6 Å². The Labute approximate surface area is 284 Å². The van der Waals surface area contributed by atoms with Crippen LogP contribution in [-0.2, 0) is 66.9 Å². The van der Waals surface area contributed by atoms with Crippen molar-refractivity contribution in [3.05, 3.63) is 0 Å². The van der Waals surface area contributed by atoms with Crippen molar-refractivity contribution in [3.63, 3.8) is 0 Å². The van der Waals surface area contributed by atoms with Crippen molar-refractivity contribution in [1.82, 2.24) is 0 Å². The molecule has 0 atom stereocenters. The topological polar surface area (TPSA) is 248 Å². The summed E-state index contributed by atoms with van der Waals surface area (Å²) in [6.45, 7) is 11.6. The zero-order valence-corrected chi connectivity index (χ0v) is 29.4. The summed E-state index contributed by atoms with van der Waals surface area (Å²) in [7, 11) is 0. The molecule has 17 nitrogen and oxygen atoms in total. The molecule has 0 radical (unpaired) electrons. The molecule has 2 N–H and O–H groups in total. The molecule has 0 aliphatic carbocycles. The first-order valence-corrected chi connectivity index (χ1v) is 13.1.